The van der Waals surface area contributed by atoms with Crippen LogP contribution in [-0.2, 0) is 22.7 Å². The standard InChI is InChI=1S/C23H26N4O6/c1-4-26-22(30)18-8-6-7-9-19(18)27(23(26)31)14-20(28)24-25-21(29)15(3)33-17-12-10-16(11-13-17)32-5-2/h6-13,15H,4-5,14H2,1-3H3,(H,24,28)(H,25,29). The molecule has 2 aromatic carbocycles. The fourth-order valence-electron chi connectivity index (χ4n) is 3.26. The lowest BCUT2D eigenvalue weighted by atomic mass is 10.2. The maximum atomic E-state index is 12.7. The van der Waals surface area contributed by atoms with Crippen molar-refractivity contribution in [3.05, 3.63) is 69.4 Å². The molecule has 0 bridgehead atoms. The van der Waals surface area contributed by atoms with Gasteiger partial charge in [-0.05, 0) is 57.2 Å². The molecule has 1 aromatic heterocycles. The number of hydrogen-bond donors (Lipinski definition) is 2. The molecule has 2 amide bonds. The molecule has 0 aliphatic rings. The van der Waals surface area contributed by atoms with Crippen molar-refractivity contribution >= 4 is 22.7 Å². The van der Waals surface area contributed by atoms with Crippen molar-refractivity contribution in [1.29, 1.82) is 0 Å². The number of aromatic nitrogens is 2. The molecule has 1 unspecified atom stereocenters. The number of hydrogen-bond acceptors (Lipinski definition) is 6. The second kappa shape index (κ2) is 10.5. The molecular weight excluding hydrogens is 428 g/mol. The number of carbonyl (C=O) groups is 2. The summed E-state index contributed by atoms with van der Waals surface area (Å²) in [5.74, 6) is -0.0585. The van der Waals surface area contributed by atoms with Gasteiger partial charge in [-0.3, -0.25) is 34.4 Å². The average molecular weight is 454 g/mol. The van der Waals surface area contributed by atoms with E-state index in [1.54, 1.807) is 55.5 Å². The number of para-hydroxylation sites is 1. The number of ether oxygens (including phenoxy) is 2. The zero-order valence-electron chi connectivity index (χ0n) is 18.7. The van der Waals surface area contributed by atoms with E-state index in [1.165, 1.54) is 11.5 Å². The topological polar surface area (TPSA) is 121 Å². The molecule has 0 fully saturated rings. The fraction of sp³-hybridized carbons (Fsp3) is 0.304. The first-order chi connectivity index (χ1) is 15.8. The summed E-state index contributed by atoms with van der Waals surface area (Å²) in [5, 5.41) is 0.327. The van der Waals surface area contributed by atoms with E-state index < -0.39 is 29.2 Å². The Labute approximate surface area is 189 Å². The molecule has 10 nitrogen and oxygen atoms in total. The van der Waals surface area contributed by atoms with Gasteiger partial charge in [0.1, 0.15) is 18.0 Å². The Morgan fingerprint density at radius 3 is 2.27 bits per heavy atom. The summed E-state index contributed by atoms with van der Waals surface area (Å²) in [6.45, 7) is 5.42. The normalized spacial score (nSPS) is 11.6. The minimum Gasteiger partial charge on any atom is -0.494 e. The summed E-state index contributed by atoms with van der Waals surface area (Å²) < 4.78 is 13.2. The number of amides is 2. The molecule has 3 rings (SSSR count). The van der Waals surface area contributed by atoms with E-state index in [0.717, 1.165) is 4.57 Å². The highest BCUT2D eigenvalue weighted by molar-refractivity contribution is 5.85. The van der Waals surface area contributed by atoms with Gasteiger partial charge in [0, 0.05) is 6.54 Å². The van der Waals surface area contributed by atoms with E-state index in [2.05, 4.69) is 10.9 Å². The number of rotatable bonds is 8. The second-order valence-corrected chi connectivity index (χ2v) is 7.14. The van der Waals surface area contributed by atoms with Crippen LogP contribution in [-0.4, -0.2) is 33.7 Å². The Hall–Kier alpha value is -4.08. The van der Waals surface area contributed by atoms with Gasteiger partial charge in [0.25, 0.3) is 17.4 Å². The van der Waals surface area contributed by atoms with Gasteiger partial charge in [0.2, 0.25) is 0 Å². The predicted molar refractivity (Wildman–Crippen MR) is 122 cm³/mol. The fourth-order valence-corrected chi connectivity index (χ4v) is 3.26. The molecule has 10 heteroatoms. The van der Waals surface area contributed by atoms with Crippen LogP contribution in [0.1, 0.15) is 20.8 Å². The average Bonchev–Trinajstić information content (AvgIpc) is 2.82. The van der Waals surface area contributed by atoms with Crippen LogP contribution in [0.4, 0.5) is 0 Å². The lowest BCUT2D eigenvalue weighted by Gasteiger charge is -2.16. The van der Waals surface area contributed by atoms with Gasteiger partial charge in [-0.15, -0.1) is 0 Å². The van der Waals surface area contributed by atoms with Gasteiger partial charge in [-0.25, -0.2) is 4.79 Å². The smallest absolute Gasteiger partial charge is 0.331 e. The molecule has 1 heterocycles. The Bertz CT molecular complexity index is 1260. The van der Waals surface area contributed by atoms with Crippen molar-refractivity contribution < 1.29 is 19.1 Å². The first-order valence-electron chi connectivity index (χ1n) is 10.6. The van der Waals surface area contributed by atoms with Gasteiger partial charge in [-0.2, -0.15) is 0 Å². The summed E-state index contributed by atoms with van der Waals surface area (Å²) >= 11 is 0. The molecule has 33 heavy (non-hydrogen) atoms. The Balaban J connectivity index is 1.64. The van der Waals surface area contributed by atoms with E-state index in [0.29, 0.717) is 29.0 Å². The van der Waals surface area contributed by atoms with E-state index in [1.807, 2.05) is 6.92 Å². The highest BCUT2D eigenvalue weighted by Gasteiger charge is 2.17. The summed E-state index contributed by atoms with van der Waals surface area (Å²) in [6.07, 6.45) is -0.895. The van der Waals surface area contributed by atoms with Gasteiger partial charge in [0.15, 0.2) is 6.10 Å². The molecule has 1 atom stereocenters. The Morgan fingerprint density at radius 2 is 1.61 bits per heavy atom. The van der Waals surface area contributed by atoms with Crippen molar-refractivity contribution in [2.75, 3.05) is 6.61 Å². The third kappa shape index (κ3) is 5.40. The summed E-state index contributed by atoms with van der Waals surface area (Å²) in [7, 11) is 0. The molecule has 0 saturated heterocycles. The van der Waals surface area contributed by atoms with Crippen molar-refractivity contribution in [3.8, 4) is 11.5 Å². The van der Waals surface area contributed by atoms with Crippen molar-refractivity contribution in [3.63, 3.8) is 0 Å². The first-order valence-corrected chi connectivity index (χ1v) is 10.6. The van der Waals surface area contributed by atoms with E-state index in [9.17, 15) is 19.2 Å². The lowest BCUT2D eigenvalue weighted by Crippen LogP contribution is -2.49. The number of hydrazine groups is 1. The monoisotopic (exact) mass is 454 g/mol. The Kier molecular flexibility index (Phi) is 7.50. The van der Waals surface area contributed by atoms with E-state index in [-0.39, 0.29) is 13.1 Å². The van der Waals surface area contributed by atoms with Crippen molar-refractivity contribution in [1.82, 2.24) is 20.0 Å². The van der Waals surface area contributed by atoms with Crippen LogP contribution in [0, 0.1) is 0 Å². The van der Waals surface area contributed by atoms with Gasteiger partial charge >= 0.3 is 5.69 Å². The van der Waals surface area contributed by atoms with Crippen LogP contribution in [0.5, 0.6) is 11.5 Å². The molecular formula is C23H26N4O6. The highest BCUT2D eigenvalue weighted by Crippen LogP contribution is 2.18. The minimum absolute atomic E-state index is 0.168. The zero-order valence-corrected chi connectivity index (χ0v) is 18.7. The van der Waals surface area contributed by atoms with E-state index in [4.69, 9.17) is 9.47 Å². The predicted octanol–water partition coefficient (Wildman–Crippen LogP) is 1.20. The number of benzene rings is 2. The molecule has 174 valence electrons. The van der Waals surface area contributed by atoms with Gasteiger partial charge in [-0.1, -0.05) is 12.1 Å². The number of nitrogens with zero attached hydrogens (tertiary/aromatic N) is 2. The van der Waals surface area contributed by atoms with Crippen LogP contribution in [0.15, 0.2) is 58.1 Å². The summed E-state index contributed by atoms with van der Waals surface area (Å²) in [6, 6.07) is 13.3. The molecule has 3 aromatic rings. The van der Waals surface area contributed by atoms with Gasteiger partial charge < -0.3 is 9.47 Å². The largest absolute Gasteiger partial charge is 0.494 e. The maximum absolute atomic E-state index is 12.7. The van der Waals surface area contributed by atoms with Crippen LogP contribution < -0.4 is 31.6 Å². The van der Waals surface area contributed by atoms with Crippen LogP contribution in [0.3, 0.4) is 0 Å². The third-order valence-electron chi connectivity index (χ3n) is 4.89. The van der Waals surface area contributed by atoms with Crippen LogP contribution >= 0.6 is 0 Å². The van der Waals surface area contributed by atoms with E-state index >= 15 is 0 Å². The first kappa shape index (κ1) is 23.6. The molecule has 2 N–H and O–H groups in total. The SMILES string of the molecule is CCOc1ccc(OC(C)C(=O)NNC(=O)Cn2c(=O)n(CC)c(=O)c3ccccc32)cc1. The Morgan fingerprint density at radius 1 is 0.939 bits per heavy atom. The zero-order chi connectivity index (χ0) is 24.0. The molecule has 0 aliphatic carbocycles. The van der Waals surface area contributed by atoms with Crippen molar-refractivity contribution in [2.45, 2.75) is 40.0 Å². The second-order valence-electron chi connectivity index (χ2n) is 7.14. The highest BCUT2D eigenvalue weighted by atomic mass is 16.5. The van der Waals surface area contributed by atoms with Gasteiger partial charge in [0.05, 0.1) is 17.5 Å². The summed E-state index contributed by atoms with van der Waals surface area (Å²) in [4.78, 5) is 50.0. The molecule has 0 aliphatic heterocycles. The number of nitrogens with one attached hydrogen (secondary N) is 2. The quantitative estimate of drug-likeness (QED) is 0.494. The number of carbonyl (C=O) groups excluding carboxylic acids is 2. The van der Waals surface area contributed by atoms with Crippen molar-refractivity contribution in [2.24, 2.45) is 0 Å². The maximum Gasteiger partial charge on any atom is 0.331 e. The minimum atomic E-state index is -0.895. The van der Waals surface area contributed by atoms with Crippen LogP contribution in [0.2, 0.25) is 0 Å². The van der Waals surface area contributed by atoms with Crippen LogP contribution in [0.25, 0.3) is 10.9 Å². The third-order valence-corrected chi connectivity index (χ3v) is 4.89. The molecule has 0 spiro atoms. The number of fused-ring (bicyclic) bond motifs is 1. The lowest BCUT2D eigenvalue weighted by molar-refractivity contribution is -0.132. The molecule has 0 radical (unpaired) electrons. The summed E-state index contributed by atoms with van der Waals surface area (Å²) in [5.41, 5.74) is 3.89. The molecule has 0 saturated carbocycles.